The molecule has 2 aromatic rings. The average Bonchev–Trinajstić information content (AvgIpc) is 2.58. The fraction of sp³-hybridized carbons (Fsp3) is 0.316. The Balaban J connectivity index is 2.02. The number of carbonyl (C=O) groups excluding carboxylic acids is 1. The van der Waals surface area contributed by atoms with Crippen LogP contribution in [0, 0.1) is 5.92 Å². The molecule has 6 nitrogen and oxygen atoms in total. The first kappa shape index (κ1) is 19.8. The zero-order valence-corrected chi connectivity index (χ0v) is 16.0. The summed E-state index contributed by atoms with van der Waals surface area (Å²) in [6, 6.07) is 16.3. The van der Waals surface area contributed by atoms with Crippen molar-refractivity contribution in [3.05, 3.63) is 65.7 Å². The van der Waals surface area contributed by atoms with E-state index in [9.17, 15) is 13.2 Å². The van der Waals surface area contributed by atoms with Gasteiger partial charge in [-0.3, -0.25) is 4.72 Å². The van der Waals surface area contributed by atoms with Crippen LogP contribution in [0.4, 0.5) is 10.5 Å². The minimum atomic E-state index is -3.38. The number of para-hydroxylation sites is 1. The van der Waals surface area contributed by atoms with Crippen molar-refractivity contribution in [2.75, 3.05) is 11.0 Å². The molecule has 1 unspecified atom stereocenters. The van der Waals surface area contributed by atoms with Gasteiger partial charge in [0.15, 0.2) is 0 Å². The Hall–Kier alpha value is -2.54. The van der Waals surface area contributed by atoms with Crippen LogP contribution in [0.3, 0.4) is 0 Å². The molecule has 0 radical (unpaired) electrons. The molecule has 0 saturated heterocycles. The van der Waals surface area contributed by atoms with Gasteiger partial charge in [0.2, 0.25) is 10.0 Å². The molecule has 0 bridgehead atoms. The lowest BCUT2D eigenvalue weighted by molar-refractivity contribution is 0.232. The Bertz CT molecular complexity index is 836. The highest BCUT2D eigenvalue weighted by molar-refractivity contribution is 7.92. The highest BCUT2D eigenvalue weighted by Crippen LogP contribution is 2.21. The van der Waals surface area contributed by atoms with Gasteiger partial charge in [0, 0.05) is 6.54 Å². The van der Waals surface area contributed by atoms with E-state index in [0.717, 1.165) is 11.8 Å². The molecular formula is C19H25N3O3S. The number of anilines is 1. The number of amides is 2. The van der Waals surface area contributed by atoms with Crippen LogP contribution < -0.4 is 15.4 Å². The van der Waals surface area contributed by atoms with E-state index in [0.29, 0.717) is 11.3 Å². The molecular weight excluding hydrogens is 350 g/mol. The molecule has 2 rings (SSSR count). The fourth-order valence-corrected chi connectivity index (χ4v) is 3.24. The molecule has 0 aromatic heterocycles. The van der Waals surface area contributed by atoms with Crippen LogP contribution >= 0.6 is 0 Å². The van der Waals surface area contributed by atoms with Gasteiger partial charge >= 0.3 is 6.03 Å². The van der Waals surface area contributed by atoms with Gasteiger partial charge in [0.25, 0.3) is 0 Å². The number of nitrogens with one attached hydrogen (secondary N) is 3. The van der Waals surface area contributed by atoms with E-state index in [1.54, 1.807) is 24.3 Å². The summed E-state index contributed by atoms with van der Waals surface area (Å²) in [5.74, 6) is 0.224. The second-order valence-corrected chi connectivity index (χ2v) is 8.24. The zero-order valence-electron chi connectivity index (χ0n) is 15.2. The summed E-state index contributed by atoms with van der Waals surface area (Å²) >= 11 is 0. The number of hydrogen-bond acceptors (Lipinski definition) is 3. The summed E-state index contributed by atoms with van der Waals surface area (Å²) in [5, 5.41) is 5.78. The maximum Gasteiger partial charge on any atom is 0.315 e. The standard InChI is InChI=1S/C19H25N3O3S/c1-14(2)18(15-9-5-4-6-10-15)21-19(23)20-13-16-11-7-8-12-17(16)22-26(3,24)25/h4-12,14,18,22H,13H2,1-3H3,(H2,20,21,23). The van der Waals surface area contributed by atoms with Gasteiger partial charge in [-0.05, 0) is 23.1 Å². The number of benzene rings is 2. The second-order valence-electron chi connectivity index (χ2n) is 6.49. The molecule has 0 aliphatic rings. The normalized spacial score (nSPS) is 12.5. The van der Waals surface area contributed by atoms with Crippen LogP contribution in [-0.4, -0.2) is 20.7 Å². The summed E-state index contributed by atoms with van der Waals surface area (Å²) in [6.45, 7) is 4.30. The summed E-state index contributed by atoms with van der Waals surface area (Å²) < 4.78 is 25.4. The lowest BCUT2D eigenvalue weighted by Gasteiger charge is -2.23. The van der Waals surface area contributed by atoms with E-state index in [-0.39, 0.29) is 24.5 Å². The van der Waals surface area contributed by atoms with E-state index in [1.165, 1.54) is 0 Å². The molecule has 0 fully saturated rings. The molecule has 1 atom stereocenters. The van der Waals surface area contributed by atoms with Crippen LogP contribution in [0.25, 0.3) is 0 Å². The van der Waals surface area contributed by atoms with Crippen molar-refractivity contribution in [3.63, 3.8) is 0 Å². The molecule has 0 heterocycles. The Labute approximate surface area is 155 Å². The minimum absolute atomic E-state index is 0.111. The first-order valence-electron chi connectivity index (χ1n) is 8.41. The van der Waals surface area contributed by atoms with Gasteiger partial charge in [0.05, 0.1) is 18.0 Å². The van der Waals surface area contributed by atoms with Gasteiger partial charge in [-0.1, -0.05) is 62.4 Å². The van der Waals surface area contributed by atoms with Crippen molar-refractivity contribution in [1.29, 1.82) is 0 Å². The summed E-state index contributed by atoms with van der Waals surface area (Å²) in [7, 11) is -3.38. The second kappa shape index (κ2) is 8.71. The van der Waals surface area contributed by atoms with E-state index >= 15 is 0 Å². The minimum Gasteiger partial charge on any atom is -0.334 e. The maximum absolute atomic E-state index is 12.3. The fourth-order valence-electron chi connectivity index (χ4n) is 2.64. The smallest absolute Gasteiger partial charge is 0.315 e. The third-order valence-corrected chi connectivity index (χ3v) is 4.45. The van der Waals surface area contributed by atoms with E-state index in [1.807, 2.05) is 44.2 Å². The number of hydrogen-bond donors (Lipinski definition) is 3. The van der Waals surface area contributed by atoms with Crippen LogP contribution in [-0.2, 0) is 16.6 Å². The van der Waals surface area contributed by atoms with Crippen molar-refractivity contribution in [1.82, 2.24) is 10.6 Å². The summed E-state index contributed by atoms with van der Waals surface area (Å²) in [6.07, 6.45) is 1.09. The van der Waals surface area contributed by atoms with Gasteiger partial charge in [-0.2, -0.15) is 0 Å². The third-order valence-electron chi connectivity index (χ3n) is 3.86. The predicted molar refractivity (Wildman–Crippen MR) is 104 cm³/mol. The molecule has 26 heavy (non-hydrogen) atoms. The summed E-state index contributed by atoms with van der Waals surface area (Å²) in [5.41, 5.74) is 2.18. The zero-order chi connectivity index (χ0) is 19.2. The van der Waals surface area contributed by atoms with Crippen LogP contribution in [0.15, 0.2) is 54.6 Å². The molecule has 0 aliphatic carbocycles. The predicted octanol–water partition coefficient (Wildman–Crippen LogP) is 3.25. The van der Waals surface area contributed by atoms with Crippen molar-refractivity contribution in [2.24, 2.45) is 5.92 Å². The largest absolute Gasteiger partial charge is 0.334 e. The summed E-state index contributed by atoms with van der Waals surface area (Å²) in [4.78, 5) is 12.3. The Morgan fingerprint density at radius 1 is 1.00 bits per heavy atom. The average molecular weight is 375 g/mol. The number of rotatable bonds is 7. The topological polar surface area (TPSA) is 87.3 Å². The number of sulfonamides is 1. The Kier molecular flexibility index (Phi) is 6.63. The lowest BCUT2D eigenvalue weighted by Crippen LogP contribution is -2.39. The Morgan fingerprint density at radius 2 is 1.62 bits per heavy atom. The third kappa shape index (κ3) is 6.07. The van der Waals surface area contributed by atoms with E-state index in [2.05, 4.69) is 15.4 Å². The maximum atomic E-state index is 12.3. The molecule has 140 valence electrons. The van der Waals surface area contributed by atoms with Gasteiger partial charge in [-0.15, -0.1) is 0 Å². The Morgan fingerprint density at radius 3 is 2.23 bits per heavy atom. The van der Waals surface area contributed by atoms with Crippen LogP contribution in [0.2, 0.25) is 0 Å². The quantitative estimate of drug-likeness (QED) is 0.694. The first-order chi connectivity index (χ1) is 12.3. The van der Waals surface area contributed by atoms with Gasteiger partial charge < -0.3 is 10.6 Å². The first-order valence-corrected chi connectivity index (χ1v) is 10.3. The van der Waals surface area contributed by atoms with Crippen LogP contribution in [0.1, 0.15) is 31.0 Å². The van der Waals surface area contributed by atoms with Crippen molar-refractivity contribution < 1.29 is 13.2 Å². The van der Waals surface area contributed by atoms with Gasteiger partial charge in [0.1, 0.15) is 0 Å². The molecule has 0 saturated carbocycles. The SMILES string of the molecule is CC(C)C(NC(=O)NCc1ccccc1NS(C)(=O)=O)c1ccccc1. The number of urea groups is 1. The number of carbonyl (C=O) groups is 1. The van der Waals surface area contributed by atoms with E-state index in [4.69, 9.17) is 0 Å². The van der Waals surface area contributed by atoms with E-state index < -0.39 is 10.0 Å². The lowest BCUT2D eigenvalue weighted by atomic mass is 9.96. The monoisotopic (exact) mass is 375 g/mol. The van der Waals surface area contributed by atoms with Crippen molar-refractivity contribution in [2.45, 2.75) is 26.4 Å². The van der Waals surface area contributed by atoms with Crippen molar-refractivity contribution >= 4 is 21.7 Å². The molecule has 0 spiro atoms. The molecule has 3 N–H and O–H groups in total. The molecule has 0 aliphatic heterocycles. The highest BCUT2D eigenvalue weighted by atomic mass is 32.2. The van der Waals surface area contributed by atoms with Gasteiger partial charge in [-0.25, -0.2) is 13.2 Å². The molecule has 7 heteroatoms. The molecule has 2 aromatic carbocycles. The molecule has 2 amide bonds. The highest BCUT2D eigenvalue weighted by Gasteiger charge is 2.18. The van der Waals surface area contributed by atoms with Crippen LogP contribution in [0.5, 0.6) is 0 Å². The van der Waals surface area contributed by atoms with Crippen molar-refractivity contribution in [3.8, 4) is 0 Å².